The summed E-state index contributed by atoms with van der Waals surface area (Å²) in [5.74, 6) is -0.00754. The number of halogens is 4. The first-order valence-corrected chi connectivity index (χ1v) is 13.0. The maximum atomic E-state index is 12.5. The predicted molar refractivity (Wildman–Crippen MR) is 144 cm³/mol. The molecule has 7 nitrogen and oxygen atoms in total. The third kappa shape index (κ3) is 8.62. The lowest BCUT2D eigenvalue weighted by Crippen LogP contribution is -2.41. The Morgan fingerprint density at radius 3 is 2.46 bits per heavy atom. The Balaban J connectivity index is 1.56. The van der Waals surface area contributed by atoms with Gasteiger partial charge in [0.25, 0.3) is 0 Å². The van der Waals surface area contributed by atoms with Crippen molar-refractivity contribution in [2.75, 3.05) is 38.0 Å². The van der Waals surface area contributed by atoms with Crippen LogP contribution < -0.4 is 21.3 Å². The largest absolute Gasteiger partial charge is 0.338 e. The van der Waals surface area contributed by atoms with Crippen LogP contribution in [0.25, 0.3) is 0 Å². The summed E-state index contributed by atoms with van der Waals surface area (Å²) in [5.41, 5.74) is 1.48. The number of nitrogens with one attached hydrogen (secondary N) is 4. The van der Waals surface area contributed by atoms with E-state index in [9.17, 15) is 9.59 Å². The van der Waals surface area contributed by atoms with Crippen molar-refractivity contribution in [2.45, 2.75) is 31.7 Å². The van der Waals surface area contributed by atoms with Crippen LogP contribution in [-0.2, 0) is 0 Å². The molecule has 190 valence electrons. The smallest absolute Gasteiger partial charge is 0.319 e. The molecule has 2 aromatic rings. The summed E-state index contributed by atoms with van der Waals surface area (Å²) >= 11 is 24.4. The monoisotopic (exact) mass is 559 g/mol. The van der Waals surface area contributed by atoms with Crippen molar-refractivity contribution >= 4 is 64.2 Å². The molecule has 0 aromatic heterocycles. The van der Waals surface area contributed by atoms with Gasteiger partial charge in [-0.3, -0.25) is 0 Å². The van der Waals surface area contributed by atoms with Crippen LogP contribution in [0.5, 0.6) is 0 Å². The number of benzene rings is 2. The van der Waals surface area contributed by atoms with E-state index in [2.05, 4.69) is 21.3 Å². The van der Waals surface area contributed by atoms with Gasteiger partial charge in [-0.25, -0.2) is 9.59 Å². The van der Waals surface area contributed by atoms with Crippen LogP contribution in [0.4, 0.5) is 15.3 Å². The molecule has 1 aliphatic rings. The molecule has 1 heterocycles. The average Bonchev–Trinajstić information content (AvgIpc) is 3.26. The van der Waals surface area contributed by atoms with E-state index >= 15 is 0 Å². The summed E-state index contributed by atoms with van der Waals surface area (Å²) in [7, 11) is 0. The van der Waals surface area contributed by atoms with E-state index in [4.69, 9.17) is 46.4 Å². The van der Waals surface area contributed by atoms with Gasteiger partial charge in [-0.2, -0.15) is 0 Å². The number of hydrogen-bond donors (Lipinski definition) is 4. The first-order chi connectivity index (χ1) is 16.7. The van der Waals surface area contributed by atoms with Gasteiger partial charge in [0.2, 0.25) is 0 Å². The predicted octanol–water partition coefficient (Wildman–Crippen LogP) is 5.99. The Labute approximate surface area is 225 Å². The van der Waals surface area contributed by atoms with Crippen LogP contribution in [0.3, 0.4) is 0 Å². The molecule has 2 unspecified atom stereocenters. The average molecular weight is 561 g/mol. The summed E-state index contributed by atoms with van der Waals surface area (Å²) in [6.07, 6.45) is 1.65. The summed E-state index contributed by atoms with van der Waals surface area (Å²) in [6.45, 7) is 5.03. The maximum absolute atomic E-state index is 12.5. The number of likely N-dealkylation sites (tertiary alicyclic amines) is 1. The number of nitrogens with zero attached hydrogens (tertiary/aromatic N) is 1. The number of urea groups is 2. The van der Waals surface area contributed by atoms with Gasteiger partial charge in [-0.15, -0.1) is 0 Å². The number of rotatable bonds is 9. The molecule has 0 radical (unpaired) electrons. The van der Waals surface area contributed by atoms with Gasteiger partial charge in [-0.1, -0.05) is 52.5 Å². The van der Waals surface area contributed by atoms with Crippen LogP contribution >= 0.6 is 46.4 Å². The Kier molecular flexibility index (Phi) is 10.6. The minimum atomic E-state index is -0.366. The highest BCUT2D eigenvalue weighted by atomic mass is 35.5. The molecule has 4 N–H and O–H groups in total. The summed E-state index contributed by atoms with van der Waals surface area (Å²) in [6, 6.07) is 10.2. The van der Waals surface area contributed by atoms with Crippen molar-refractivity contribution < 1.29 is 9.59 Å². The Morgan fingerprint density at radius 1 is 1.03 bits per heavy atom. The fraction of sp³-hybridized carbons (Fsp3) is 0.417. The van der Waals surface area contributed by atoms with Crippen molar-refractivity contribution in [1.82, 2.24) is 20.9 Å². The van der Waals surface area contributed by atoms with E-state index < -0.39 is 0 Å². The summed E-state index contributed by atoms with van der Waals surface area (Å²) in [5, 5.41) is 13.9. The molecule has 1 saturated heterocycles. The van der Waals surface area contributed by atoms with Crippen LogP contribution in [0.1, 0.15) is 31.2 Å². The van der Waals surface area contributed by atoms with E-state index in [0.29, 0.717) is 52.0 Å². The quantitative estimate of drug-likeness (QED) is 0.304. The zero-order valence-corrected chi connectivity index (χ0v) is 22.4. The lowest BCUT2D eigenvalue weighted by molar-refractivity contribution is 0.208. The highest BCUT2D eigenvalue weighted by Crippen LogP contribution is 2.28. The lowest BCUT2D eigenvalue weighted by atomic mass is 9.95. The van der Waals surface area contributed by atoms with Gasteiger partial charge >= 0.3 is 12.1 Å². The molecule has 0 saturated carbocycles. The molecule has 35 heavy (non-hydrogen) atoms. The van der Waals surface area contributed by atoms with Gasteiger partial charge in [0.1, 0.15) is 0 Å². The highest BCUT2D eigenvalue weighted by molar-refractivity contribution is 6.42. The molecule has 4 amide bonds. The molecular formula is C24H29Cl4N5O2. The van der Waals surface area contributed by atoms with Crippen LogP contribution in [0.2, 0.25) is 20.1 Å². The van der Waals surface area contributed by atoms with Crippen LogP contribution in [0.15, 0.2) is 36.4 Å². The maximum Gasteiger partial charge on any atom is 0.319 e. The Bertz CT molecular complexity index is 1020. The van der Waals surface area contributed by atoms with Crippen molar-refractivity contribution in [3.63, 3.8) is 0 Å². The molecule has 1 aliphatic heterocycles. The van der Waals surface area contributed by atoms with E-state index in [0.717, 1.165) is 24.9 Å². The summed E-state index contributed by atoms with van der Waals surface area (Å²) < 4.78 is 0. The topological polar surface area (TPSA) is 85.5 Å². The number of anilines is 1. The van der Waals surface area contributed by atoms with E-state index in [1.165, 1.54) is 0 Å². The number of amides is 4. The number of hydrogen-bond acceptors (Lipinski definition) is 3. The Morgan fingerprint density at radius 2 is 1.77 bits per heavy atom. The van der Waals surface area contributed by atoms with Crippen molar-refractivity contribution in [2.24, 2.45) is 0 Å². The van der Waals surface area contributed by atoms with E-state index in [1.54, 1.807) is 24.3 Å². The first kappa shape index (κ1) is 27.7. The molecule has 11 heteroatoms. The van der Waals surface area contributed by atoms with Gasteiger partial charge in [0.15, 0.2) is 0 Å². The van der Waals surface area contributed by atoms with E-state index in [-0.39, 0.29) is 24.0 Å². The molecule has 2 aromatic carbocycles. The minimum Gasteiger partial charge on any atom is -0.338 e. The molecule has 2 atom stereocenters. The molecule has 0 aliphatic carbocycles. The molecule has 0 spiro atoms. The third-order valence-electron chi connectivity index (χ3n) is 5.77. The fourth-order valence-corrected chi connectivity index (χ4v) is 4.84. The molecule has 1 fully saturated rings. The van der Waals surface area contributed by atoms with Crippen molar-refractivity contribution in [3.05, 3.63) is 62.1 Å². The lowest BCUT2D eigenvalue weighted by Gasteiger charge is -2.21. The molecule has 3 rings (SSSR count). The second-order valence-electron chi connectivity index (χ2n) is 8.37. The van der Waals surface area contributed by atoms with Gasteiger partial charge in [0, 0.05) is 53.9 Å². The zero-order chi connectivity index (χ0) is 25.4. The second-order valence-corrected chi connectivity index (χ2v) is 10.1. The Hall–Kier alpha value is -1.90. The number of carbonyl (C=O) groups excluding carboxylic acids is 2. The molecular weight excluding hydrogens is 532 g/mol. The standard InChI is InChI=1S/C24H29Cl4N5O2/c1-2-29-24(35)33-8-6-19(14-33)30-7-5-16(15-3-4-21(27)22(28)9-15)13-31-23(34)32-20-11-17(25)10-18(26)12-20/h3-4,9-12,16,19,30H,2,5-8,13-14H2,1H3,(H,29,35)(H2,31,32,34). The normalized spacial score (nSPS) is 16.1. The van der Waals surface area contributed by atoms with Gasteiger partial charge in [0.05, 0.1) is 10.0 Å². The van der Waals surface area contributed by atoms with E-state index in [1.807, 2.05) is 24.0 Å². The fourth-order valence-electron chi connectivity index (χ4n) is 4.01. The van der Waals surface area contributed by atoms with Crippen LogP contribution in [-0.4, -0.2) is 55.7 Å². The third-order valence-corrected chi connectivity index (χ3v) is 6.95. The van der Waals surface area contributed by atoms with Crippen molar-refractivity contribution in [3.8, 4) is 0 Å². The molecule has 0 bridgehead atoms. The van der Waals surface area contributed by atoms with Crippen LogP contribution in [0, 0.1) is 0 Å². The second kappa shape index (κ2) is 13.4. The summed E-state index contributed by atoms with van der Waals surface area (Å²) in [4.78, 5) is 26.4. The van der Waals surface area contributed by atoms with Gasteiger partial charge < -0.3 is 26.2 Å². The SMILES string of the molecule is CCNC(=O)N1CCC(NCCC(CNC(=O)Nc2cc(Cl)cc(Cl)c2)c2ccc(Cl)c(Cl)c2)C1. The zero-order valence-electron chi connectivity index (χ0n) is 19.3. The number of carbonyl (C=O) groups is 2. The van der Waals surface area contributed by atoms with Gasteiger partial charge in [-0.05, 0) is 62.2 Å². The minimum absolute atomic E-state index is 0.00754. The first-order valence-electron chi connectivity index (χ1n) is 11.5. The highest BCUT2D eigenvalue weighted by Gasteiger charge is 2.25. The van der Waals surface area contributed by atoms with Crippen molar-refractivity contribution in [1.29, 1.82) is 0 Å².